The highest BCUT2D eigenvalue weighted by molar-refractivity contribution is 6.35. The number of rotatable bonds is 8. The van der Waals surface area contributed by atoms with Crippen LogP contribution in [0.3, 0.4) is 0 Å². The van der Waals surface area contributed by atoms with Crippen molar-refractivity contribution in [1.29, 1.82) is 0 Å². The van der Waals surface area contributed by atoms with Gasteiger partial charge in [-0.25, -0.2) is 0 Å². The number of amides is 1. The number of ether oxygens (including phenoxy) is 2. The van der Waals surface area contributed by atoms with Gasteiger partial charge in [-0.05, 0) is 62.6 Å². The van der Waals surface area contributed by atoms with Crippen molar-refractivity contribution in [2.24, 2.45) is 0 Å². The Morgan fingerprint density at radius 2 is 1.75 bits per heavy atom. The van der Waals surface area contributed by atoms with Crippen LogP contribution in [0.1, 0.15) is 57.9 Å². The molecule has 0 spiro atoms. The minimum Gasteiger partial charge on any atom is -0.492 e. The molecule has 0 aromatic heterocycles. The smallest absolute Gasteiger partial charge is 0.235 e. The van der Waals surface area contributed by atoms with Crippen LogP contribution < -0.4 is 10.1 Å². The Bertz CT molecular complexity index is 955. The van der Waals surface area contributed by atoms with Crippen LogP contribution in [-0.4, -0.2) is 25.2 Å². The first-order valence-electron chi connectivity index (χ1n) is 10.9. The van der Waals surface area contributed by atoms with E-state index in [1.807, 2.05) is 19.9 Å². The minimum absolute atomic E-state index is 0.0759. The number of hydrogen-bond donors (Lipinski definition) is 1. The summed E-state index contributed by atoms with van der Waals surface area (Å²) in [6.45, 7) is 4.49. The fourth-order valence-electron chi connectivity index (χ4n) is 4.11. The monoisotopic (exact) mass is 497 g/mol. The van der Waals surface area contributed by atoms with Crippen molar-refractivity contribution in [3.8, 4) is 5.75 Å². The second-order valence-electron chi connectivity index (χ2n) is 8.93. The molecule has 2 aromatic carbocycles. The van der Waals surface area contributed by atoms with Crippen LogP contribution in [0.4, 0.5) is 5.69 Å². The fourth-order valence-corrected chi connectivity index (χ4v) is 4.93. The van der Waals surface area contributed by atoms with Gasteiger partial charge in [0.25, 0.3) is 0 Å². The molecular weight excluding hydrogens is 469 g/mol. The van der Waals surface area contributed by atoms with Gasteiger partial charge in [-0.1, -0.05) is 60.1 Å². The minimum atomic E-state index is -0.687. The number of hydrogen-bond acceptors (Lipinski definition) is 3. The third-order valence-electron chi connectivity index (χ3n) is 6.29. The molecule has 0 atom stereocenters. The van der Waals surface area contributed by atoms with Crippen molar-refractivity contribution in [1.82, 2.24) is 0 Å². The van der Waals surface area contributed by atoms with Gasteiger partial charge < -0.3 is 14.8 Å². The summed E-state index contributed by atoms with van der Waals surface area (Å²) < 4.78 is 11.2. The predicted octanol–water partition coefficient (Wildman–Crippen LogP) is 7.68. The van der Waals surface area contributed by atoms with E-state index in [0.29, 0.717) is 33.1 Å². The molecule has 0 aliphatic heterocycles. The third kappa shape index (κ3) is 5.91. The lowest BCUT2D eigenvalue weighted by atomic mass is 9.68. The van der Waals surface area contributed by atoms with E-state index in [1.165, 1.54) is 0 Å². The molecule has 3 rings (SSSR count). The maximum Gasteiger partial charge on any atom is 0.235 e. The van der Waals surface area contributed by atoms with E-state index >= 15 is 0 Å². The molecule has 1 aliphatic carbocycles. The van der Waals surface area contributed by atoms with Crippen molar-refractivity contribution in [2.75, 3.05) is 19.0 Å². The molecule has 0 heterocycles. The summed E-state index contributed by atoms with van der Waals surface area (Å²) in [7, 11) is 1.68. The van der Waals surface area contributed by atoms with E-state index < -0.39 is 5.41 Å². The Balaban J connectivity index is 1.76. The SMILES string of the molecule is COC(C)(C)CCOc1ccc(NC(=O)C2(c3ccc(Cl)cc3Cl)CCCCC2)cc1Cl. The lowest BCUT2D eigenvalue weighted by molar-refractivity contribution is -0.122. The highest BCUT2D eigenvalue weighted by Gasteiger charge is 2.42. The number of methoxy groups -OCH3 is 1. The molecule has 0 bridgehead atoms. The molecule has 0 radical (unpaired) electrons. The lowest BCUT2D eigenvalue weighted by Gasteiger charge is -2.37. The van der Waals surface area contributed by atoms with Gasteiger partial charge in [-0.15, -0.1) is 0 Å². The van der Waals surface area contributed by atoms with Gasteiger partial charge in [-0.2, -0.15) is 0 Å². The molecular formula is C25H30Cl3NO3. The standard InChI is InChI=1S/C25H30Cl3NO3/c1-24(2,31-3)13-14-32-22-10-8-18(16-21(22)28)29-23(30)25(11-5-4-6-12-25)19-9-7-17(26)15-20(19)27/h7-10,15-16H,4-6,11-14H2,1-3H3,(H,29,30). The van der Waals surface area contributed by atoms with Crippen molar-refractivity contribution in [3.05, 3.63) is 57.0 Å². The van der Waals surface area contributed by atoms with Crippen LogP contribution in [0.25, 0.3) is 0 Å². The summed E-state index contributed by atoms with van der Waals surface area (Å²) in [5, 5.41) is 4.58. The van der Waals surface area contributed by atoms with Gasteiger partial charge in [0.05, 0.1) is 22.6 Å². The van der Waals surface area contributed by atoms with Gasteiger partial charge in [0, 0.05) is 29.3 Å². The molecule has 2 aromatic rings. The van der Waals surface area contributed by atoms with Crippen molar-refractivity contribution < 1.29 is 14.3 Å². The van der Waals surface area contributed by atoms with Crippen molar-refractivity contribution in [2.45, 2.75) is 63.4 Å². The number of anilines is 1. The first-order chi connectivity index (χ1) is 15.2. The summed E-state index contributed by atoms with van der Waals surface area (Å²) >= 11 is 19.1. The Hall–Kier alpha value is -1.46. The van der Waals surface area contributed by atoms with E-state index in [1.54, 1.807) is 37.4 Å². The zero-order valence-corrected chi connectivity index (χ0v) is 21.0. The zero-order chi connectivity index (χ0) is 23.4. The summed E-state index contributed by atoms with van der Waals surface area (Å²) in [5.41, 5.74) is 0.498. The zero-order valence-electron chi connectivity index (χ0n) is 18.8. The Morgan fingerprint density at radius 1 is 1.03 bits per heavy atom. The summed E-state index contributed by atoms with van der Waals surface area (Å²) in [6, 6.07) is 10.7. The van der Waals surface area contributed by atoms with Crippen LogP contribution in [0.5, 0.6) is 5.75 Å². The Labute approximate surface area is 205 Å². The van der Waals surface area contributed by atoms with E-state index in [0.717, 1.165) is 44.1 Å². The molecule has 1 amide bonds. The van der Waals surface area contributed by atoms with Crippen molar-refractivity contribution >= 4 is 46.4 Å². The van der Waals surface area contributed by atoms with Crippen LogP contribution in [-0.2, 0) is 14.9 Å². The molecule has 174 valence electrons. The number of nitrogens with one attached hydrogen (secondary N) is 1. The van der Waals surface area contributed by atoms with Gasteiger partial charge in [-0.3, -0.25) is 4.79 Å². The van der Waals surface area contributed by atoms with Gasteiger partial charge >= 0.3 is 0 Å². The van der Waals surface area contributed by atoms with Crippen LogP contribution >= 0.6 is 34.8 Å². The van der Waals surface area contributed by atoms with Gasteiger partial charge in [0.1, 0.15) is 5.75 Å². The molecule has 32 heavy (non-hydrogen) atoms. The van der Waals surface area contributed by atoms with E-state index in [9.17, 15) is 4.79 Å². The molecule has 0 saturated heterocycles. The average Bonchev–Trinajstić information content (AvgIpc) is 2.75. The Kier molecular flexibility index (Phi) is 8.37. The molecule has 1 saturated carbocycles. The Morgan fingerprint density at radius 3 is 2.38 bits per heavy atom. The van der Waals surface area contributed by atoms with Crippen LogP contribution in [0, 0.1) is 0 Å². The molecule has 4 nitrogen and oxygen atoms in total. The molecule has 1 N–H and O–H groups in total. The molecule has 7 heteroatoms. The summed E-state index contributed by atoms with van der Waals surface area (Å²) in [5.74, 6) is 0.498. The van der Waals surface area contributed by atoms with Gasteiger partial charge in [0.15, 0.2) is 0 Å². The highest BCUT2D eigenvalue weighted by Crippen LogP contribution is 2.44. The number of carbonyl (C=O) groups excluding carboxylic acids is 1. The van der Waals surface area contributed by atoms with Gasteiger partial charge in [0.2, 0.25) is 5.91 Å². The molecule has 0 unspecified atom stereocenters. The topological polar surface area (TPSA) is 47.6 Å². The molecule has 1 aliphatic rings. The summed E-state index contributed by atoms with van der Waals surface area (Å²) in [4.78, 5) is 13.5. The second-order valence-corrected chi connectivity index (χ2v) is 10.2. The number of benzene rings is 2. The van der Waals surface area contributed by atoms with E-state index in [4.69, 9.17) is 44.3 Å². The molecule has 1 fully saturated rings. The lowest BCUT2D eigenvalue weighted by Crippen LogP contribution is -2.42. The predicted molar refractivity (Wildman–Crippen MR) is 133 cm³/mol. The first-order valence-corrected chi connectivity index (χ1v) is 12.0. The maximum atomic E-state index is 13.5. The second kappa shape index (κ2) is 10.6. The van der Waals surface area contributed by atoms with E-state index in [2.05, 4.69) is 5.32 Å². The first kappa shape index (κ1) is 25.2. The quantitative estimate of drug-likeness (QED) is 0.406. The maximum absolute atomic E-state index is 13.5. The largest absolute Gasteiger partial charge is 0.492 e. The highest BCUT2D eigenvalue weighted by atomic mass is 35.5. The van der Waals surface area contributed by atoms with Crippen LogP contribution in [0.15, 0.2) is 36.4 Å². The average molecular weight is 499 g/mol. The van der Waals surface area contributed by atoms with E-state index in [-0.39, 0.29) is 11.5 Å². The summed E-state index contributed by atoms with van der Waals surface area (Å²) in [6.07, 6.45) is 5.25. The van der Waals surface area contributed by atoms with Crippen LogP contribution in [0.2, 0.25) is 15.1 Å². The third-order valence-corrected chi connectivity index (χ3v) is 7.14. The normalized spacial score (nSPS) is 15.9. The number of halogens is 3. The fraction of sp³-hybridized carbons (Fsp3) is 0.480. The number of carbonyl (C=O) groups is 1. The van der Waals surface area contributed by atoms with Crippen molar-refractivity contribution in [3.63, 3.8) is 0 Å².